The van der Waals surface area contributed by atoms with Crippen molar-refractivity contribution in [1.29, 1.82) is 0 Å². The number of hydrogen-bond donors (Lipinski definition) is 2. The Kier molecular flexibility index (Phi) is 11.7. The molecule has 5 atom stereocenters. The van der Waals surface area contributed by atoms with Crippen molar-refractivity contribution in [3.05, 3.63) is 71.3 Å². The van der Waals surface area contributed by atoms with Gasteiger partial charge in [0.2, 0.25) is 11.8 Å². The minimum Gasteiger partial charge on any atom is -0.497 e. The van der Waals surface area contributed by atoms with Crippen molar-refractivity contribution in [2.75, 3.05) is 56.2 Å². The molecular formula is C42H58N4O6Si. The minimum absolute atomic E-state index is 0.0137. The molecule has 3 fully saturated rings. The van der Waals surface area contributed by atoms with Crippen LogP contribution in [0.3, 0.4) is 0 Å². The molecule has 0 aliphatic carbocycles. The molecule has 10 nitrogen and oxygen atoms in total. The van der Waals surface area contributed by atoms with Crippen LogP contribution in [0.1, 0.15) is 65.4 Å². The zero-order valence-electron chi connectivity index (χ0n) is 32.6. The lowest BCUT2D eigenvalue weighted by atomic mass is 9.82. The van der Waals surface area contributed by atoms with Crippen LogP contribution in [0, 0.1) is 5.92 Å². The number of hydrogen-bond acceptors (Lipinski definition) is 7. The fraction of sp³-hybridized carbons (Fsp3) is 0.548. The van der Waals surface area contributed by atoms with Crippen LogP contribution in [0.25, 0.3) is 0 Å². The van der Waals surface area contributed by atoms with Gasteiger partial charge in [0.05, 0.1) is 52.6 Å². The first-order valence-electron chi connectivity index (χ1n) is 19.3. The maximum Gasteiger partial charge on any atom is 0.264 e. The Labute approximate surface area is 316 Å². The third-order valence-corrected chi connectivity index (χ3v) is 16.6. The number of fused-ring (bicyclic) bond motifs is 2. The SMILES string of the molecule is COc1ccc([Si](C)(C)[C@H]2[C@H](CC(=O)N3CCC[C@H]3CO)O[C@@]3(C(=O)N(C/C=C(\C)CCC=C(C)C)c4ccc(N5CCNCC5=O)cc43)[C@@H]2C)cc1. The number of nitrogens with one attached hydrogen (secondary N) is 1. The second-order valence-electron chi connectivity index (χ2n) is 16.1. The minimum atomic E-state index is -2.49. The van der Waals surface area contributed by atoms with Crippen LogP contribution in [0.15, 0.2) is 65.8 Å². The van der Waals surface area contributed by atoms with Gasteiger partial charge in [-0.1, -0.05) is 60.6 Å². The van der Waals surface area contributed by atoms with Gasteiger partial charge < -0.3 is 34.6 Å². The number of methoxy groups -OCH3 is 1. The third kappa shape index (κ3) is 7.37. The van der Waals surface area contributed by atoms with Gasteiger partial charge >= 0.3 is 0 Å². The van der Waals surface area contributed by atoms with E-state index in [0.717, 1.165) is 48.4 Å². The van der Waals surface area contributed by atoms with E-state index in [1.807, 2.05) is 40.1 Å². The van der Waals surface area contributed by atoms with E-state index in [0.29, 0.717) is 26.2 Å². The van der Waals surface area contributed by atoms with Crippen molar-refractivity contribution < 1.29 is 29.0 Å². The van der Waals surface area contributed by atoms with Crippen LogP contribution in [-0.4, -0.2) is 94.4 Å². The molecule has 6 rings (SSSR count). The Morgan fingerprint density at radius 3 is 2.53 bits per heavy atom. The summed E-state index contributed by atoms with van der Waals surface area (Å²) < 4.78 is 12.8. The number of likely N-dealkylation sites (tertiary alicyclic amines) is 1. The highest BCUT2D eigenvalue weighted by atomic mass is 28.3. The fourth-order valence-electron chi connectivity index (χ4n) is 9.31. The number of benzene rings is 2. The van der Waals surface area contributed by atoms with Gasteiger partial charge in [0.15, 0.2) is 5.60 Å². The highest BCUT2D eigenvalue weighted by Gasteiger charge is 2.66. The third-order valence-electron chi connectivity index (χ3n) is 12.2. The molecule has 0 bridgehead atoms. The highest BCUT2D eigenvalue weighted by molar-refractivity contribution is 6.91. The number of nitrogens with zero attached hydrogens (tertiary/aromatic N) is 3. The Bertz CT molecular complexity index is 1750. The summed E-state index contributed by atoms with van der Waals surface area (Å²) in [5.41, 5.74) is 3.34. The largest absolute Gasteiger partial charge is 0.497 e. The standard InChI is InChI=1S/C42H58N4O6Si/c1-28(2)10-8-11-29(3)19-22-46-36-18-13-31(45-23-20-43-26-39(45)49)24-35(36)42(41(46)50)30(4)40(53(6,7)34-16-14-33(51-5)15-17-34)37(52-42)25-38(48)44-21-9-12-32(44)27-47/h10,13-19,24,30,32,37,40,43,47H,8-9,11-12,20-23,25-27H2,1-7H3/b29-19+/t30-,32+,37+,40-,42+/m1/s1. The fourth-order valence-corrected chi connectivity index (χ4v) is 13.3. The molecule has 286 valence electrons. The molecule has 4 aliphatic rings. The number of ether oxygens (including phenoxy) is 2. The highest BCUT2D eigenvalue weighted by Crippen LogP contribution is 2.60. The van der Waals surface area contributed by atoms with Gasteiger partial charge in [-0.25, -0.2) is 0 Å². The molecule has 53 heavy (non-hydrogen) atoms. The van der Waals surface area contributed by atoms with Crippen LogP contribution in [0.5, 0.6) is 5.75 Å². The number of piperazine rings is 1. The van der Waals surface area contributed by atoms with Crippen molar-refractivity contribution in [1.82, 2.24) is 10.2 Å². The monoisotopic (exact) mass is 742 g/mol. The molecule has 2 N–H and O–H groups in total. The first kappa shape index (κ1) is 38.9. The Balaban J connectivity index is 1.45. The van der Waals surface area contributed by atoms with E-state index in [-0.39, 0.29) is 54.8 Å². The van der Waals surface area contributed by atoms with E-state index in [1.54, 1.807) is 12.0 Å². The zero-order chi connectivity index (χ0) is 38.1. The number of carbonyl (C=O) groups is 3. The Hall–Kier alpha value is -3.77. The predicted octanol–water partition coefficient (Wildman–Crippen LogP) is 5.26. The van der Waals surface area contributed by atoms with Gasteiger partial charge in [0, 0.05) is 43.3 Å². The van der Waals surface area contributed by atoms with Crippen LogP contribution < -0.4 is 25.0 Å². The van der Waals surface area contributed by atoms with Crippen molar-refractivity contribution in [2.45, 2.75) is 96.2 Å². The maximum atomic E-state index is 15.3. The number of aliphatic hydroxyl groups is 1. The molecular weight excluding hydrogens is 685 g/mol. The van der Waals surface area contributed by atoms with Gasteiger partial charge in [0.1, 0.15) is 5.75 Å². The van der Waals surface area contributed by atoms with Crippen molar-refractivity contribution >= 4 is 42.4 Å². The second-order valence-corrected chi connectivity index (χ2v) is 20.8. The van der Waals surface area contributed by atoms with Gasteiger partial charge in [-0.3, -0.25) is 14.4 Å². The van der Waals surface area contributed by atoms with Crippen molar-refractivity contribution in [3.63, 3.8) is 0 Å². The number of carbonyl (C=O) groups excluding carboxylic acids is 3. The maximum absolute atomic E-state index is 15.3. The van der Waals surface area contributed by atoms with Gasteiger partial charge in [-0.05, 0) is 82.3 Å². The number of anilines is 2. The summed E-state index contributed by atoms with van der Waals surface area (Å²) in [7, 11) is -0.828. The average Bonchev–Trinajstić information content (AvgIpc) is 3.80. The van der Waals surface area contributed by atoms with Crippen LogP contribution in [-0.2, 0) is 24.7 Å². The Morgan fingerprint density at radius 1 is 1.09 bits per heavy atom. The quantitative estimate of drug-likeness (QED) is 0.226. The number of rotatable bonds is 12. The molecule has 3 amide bonds. The van der Waals surface area contributed by atoms with Crippen LogP contribution in [0.4, 0.5) is 11.4 Å². The summed E-state index contributed by atoms with van der Waals surface area (Å²) in [5, 5.41) is 14.5. The van der Waals surface area contributed by atoms with Crippen molar-refractivity contribution in [2.24, 2.45) is 5.92 Å². The van der Waals surface area contributed by atoms with Crippen LogP contribution in [0.2, 0.25) is 18.6 Å². The first-order chi connectivity index (χ1) is 25.3. The molecule has 2 aromatic rings. The van der Waals surface area contributed by atoms with E-state index in [2.05, 4.69) is 70.4 Å². The van der Waals surface area contributed by atoms with E-state index in [9.17, 15) is 14.7 Å². The molecule has 3 saturated heterocycles. The van der Waals surface area contributed by atoms with Crippen molar-refractivity contribution in [3.8, 4) is 5.75 Å². The number of amides is 3. The normalized spacial score (nSPS) is 26.1. The Morgan fingerprint density at radius 2 is 1.85 bits per heavy atom. The lowest BCUT2D eigenvalue weighted by Gasteiger charge is -2.37. The number of aliphatic hydroxyl groups excluding tert-OH is 1. The van der Waals surface area contributed by atoms with Crippen LogP contribution >= 0.6 is 0 Å². The average molecular weight is 743 g/mol. The summed E-state index contributed by atoms with van der Waals surface area (Å²) in [6.45, 7) is 15.5. The van der Waals surface area contributed by atoms with E-state index >= 15 is 4.79 Å². The summed E-state index contributed by atoms with van der Waals surface area (Å²) in [6.07, 6.45) is 7.44. The lowest BCUT2D eigenvalue weighted by molar-refractivity contribution is -0.149. The van der Waals surface area contributed by atoms with Gasteiger partial charge in [-0.2, -0.15) is 0 Å². The molecule has 4 aliphatic heterocycles. The molecule has 2 aromatic carbocycles. The van der Waals surface area contributed by atoms with Gasteiger partial charge in [0.25, 0.3) is 5.91 Å². The molecule has 0 saturated carbocycles. The summed E-state index contributed by atoms with van der Waals surface area (Å²) >= 11 is 0. The molecule has 1 spiro atoms. The lowest BCUT2D eigenvalue weighted by Crippen LogP contribution is -2.52. The topological polar surface area (TPSA) is 112 Å². The zero-order valence-corrected chi connectivity index (χ0v) is 33.6. The molecule has 0 aromatic heterocycles. The summed E-state index contributed by atoms with van der Waals surface area (Å²) in [6, 6.07) is 13.9. The predicted molar refractivity (Wildman–Crippen MR) is 212 cm³/mol. The molecule has 0 radical (unpaired) electrons. The van der Waals surface area contributed by atoms with E-state index in [4.69, 9.17) is 9.47 Å². The number of allylic oxidation sites excluding steroid dienone is 3. The van der Waals surface area contributed by atoms with E-state index < -0.39 is 19.8 Å². The molecule has 0 unspecified atom stereocenters. The summed E-state index contributed by atoms with van der Waals surface area (Å²) in [4.78, 5) is 48.0. The molecule has 4 heterocycles. The van der Waals surface area contributed by atoms with Gasteiger partial charge in [-0.15, -0.1) is 0 Å². The van der Waals surface area contributed by atoms with E-state index in [1.165, 1.54) is 16.3 Å². The second kappa shape index (κ2) is 15.9. The summed E-state index contributed by atoms with van der Waals surface area (Å²) in [5.74, 6) is 0.310. The smallest absolute Gasteiger partial charge is 0.264 e. The first-order valence-corrected chi connectivity index (χ1v) is 22.4. The molecule has 11 heteroatoms.